The van der Waals surface area contributed by atoms with Crippen LogP contribution in [0.25, 0.3) is 6.08 Å². The van der Waals surface area contributed by atoms with Crippen LogP contribution in [0.2, 0.25) is 0 Å². The quantitative estimate of drug-likeness (QED) is 0.609. The van der Waals surface area contributed by atoms with E-state index in [-0.39, 0.29) is 12.5 Å². The largest absolute Gasteiger partial charge is 0.496 e. The highest BCUT2D eigenvalue weighted by atomic mass is 16.7. The molecule has 0 saturated carbocycles. The highest BCUT2D eigenvalue weighted by molar-refractivity contribution is 6.15. The molecule has 2 aliphatic heterocycles. The van der Waals surface area contributed by atoms with Crippen molar-refractivity contribution in [2.75, 3.05) is 20.4 Å². The smallest absolute Gasteiger partial charge is 0.329 e. The van der Waals surface area contributed by atoms with Crippen LogP contribution in [0.5, 0.6) is 17.2 Å². The van der Waals surface area contributed by atoms with Crippen molar-refractivity contribution in [2.24, 2.45) is 0 Å². The van der Waals surface area contributed by atoms with Crippen LogP contribution < -0.4 is 19.5 Å². The number of carbonyl (C=O) groups is 3. The first-order valence-corrected chi connectivity index (χ1v) is 6.53. The first-order chi connectivity index (χ1) is 11.0. The first-order valence-electron chi connectivity index (χ1n) is 6.53. The predicted octanol–water partition coefficient (Wildman–Crippen LogP) is 0.401. The zero-order valence-corrected chi connectivity index (χ0v) is 12.0. The highest BCUT2D eigenvalue weighted by Gasteiger charge is 2.35. The van der Waals surface area contributed by atoms with Gasteiger partial charge in [-0.15, -0.1) is 0 Å². The zero-order chi connectivity index (χ0) is 16.6. The van der Waals surface area contributed by atoms with Crippen molar-refractivity contribution in [2.45, 2.75) is 0 Å². The Bertz CT molecular complexity index is 741. The first kappa shape index (κ1) is 14.7. The Balaban J connectivity index is 1.94. The molecule has 1 saturated heterocycles. The number of carboxylic acids is 1. The molecule has 9 nitrogen and oxygen atoms in total. The topological polar surface area (TPSA) is 114 Å². The summed E-state index contributed by atoms with van der Waals surface area (Å²) in [5, 5.41) is 11.1. The number of rotatable bonds is 4. The fraction of sp³-hybridized carbons (Fsp3) is 0.214. The van der Waals surface area contributed by atoms with Crippen LogP contribution in [-0.4, -0.2) is 48.4 Å². The van der Waals surface area contributed by atoms with E-state index in [1.54, 1.807) is 12.1 Å². The molecule has 1 aromatic carbocycles. The number of methoxy groups -OCH3 is 1. The maximum absolute atomic E-state index is 12.1. The fourth-order valence-electron chi connectivity index (χ4n) is 2.23. The molecule has 9 heteroatoms. The molecule has 0 spiro atoms. The molecule has 2 heterocycles. The van der Waals surface area contributed by atoms with Gasteiger partial charge in [0.15, 0.2) is 11.5 Å². The zero-order valence-electron chi connectivity index (χ0n) is 12.0. The van der Waals surface area contributed by atoms with E-state index in [1.165, 1.54) is 13.2 Å². The molecule has 1 aromatic rings. The van der Waals surface area contributed by atoms with Crippen LogP contribution in [0.3, 0.4) is 0 Å². The van der Waals surface area contributed by atoms with Crippen molar-refractivity contribution in [1.82, 2.24) is 10.2 Å². The molecule has 120 valence electrons. The molecule has 1 fully saturated rings. The molecular weight excluding hydrogens is 308 g/mol. The molecule has 23 heavy (non-hydrogen) atoms. The Kier molecular flexibility index (Phi) is 3.53. The summed E-state index contributed by atoms with van der Waals surface area (Å²) < 4.78 is 15.7. The number of amides is 3. The number of carbonyl (C=O) groups excluding carboxylic acids is 2. The van der Waals surface area contributed by atoms with Gasteiger partial charge in [-0.2, -0.15) is 0 Å². The fourth-order valence-corrected chi connectivity index (χ4v) is 2.23. The third-order valence-electron chi connectivity index (χ3n) is 3.28. The van der Waals surface area contributed by atoms with Gasteiger partial charge in [0.25, 0.3) is 5.91 Å². The average Bonchev–Trinajstić information content (AvgIpc) is 3.06. The summed E-state index contributed by atoms with van der Waals surface area (Å²) in [5.41, 5.74) is 0.436. The van der Waals surface area contributed by atoms with Gasteiger partial charge in [-0.25, -0.2) is 9.69 Å². The number of nitrogens with zero attached hydrogens (tertiary/aromatic N) is 1. The Labute approximate surface area is 130 Å². The summed E-state index contributed by atoms with van der Waals surface area (Å²) >= 11 is 0. The van der Waals surface area contributed by atoms with Crippen molar-refractivity contribution < 1.29 is 33.7 Å². The van der Waals surface area contributed by atoms with Crippen LogP contribution in [-0.2, 0) is 9.59 Å². The molecule has 0 bridgehead atoms. The summed E-state index contributed by atoms with van der Waals surface area (Å²) in [6.45, 7) is -0.624. The van der Waals surface area contributed by atoms with Gasteiger partial charge in [0.05, 0.1) is 7.11 Å². The highest BCUT2D eigenvalue weighted by Crippen LogP contribution is 2.39. The summed E-state index contributed by atoms with van der Waals surface area (Å²) in [5.74, 6) is -0.594. The molecule has 0 atom stereocenters. The number of imide groups is 1. The second-order valence-electron chi connectivity index (χ2n) is 4.72. The number of nitrogens with one attached hydrogen (secondary N) is 1. The van der Waals surface area contributed by atoms with Crippen molar-refractivity contribution in [3.63, 3.8) is 0 Å². The van der Waals surface area contributed by atoms with Crippen LogP contribution in [0, 0.1) is 0 Å². The Morgan fingerprint density at radius 2 is 2.09 bits per heavy atom. The number of ether oxygens (including phenoxy) is 3. The number of hydrogen-bond donors (Lipinski definition) is 2. The lowest BCUT2D eigenvalue weighted by atomic mass is 10.1. The Morgan fingerprint density at radius 1 is 1.39 bits per heavy atom. The minimum atomic E-state index is -1.28. The molecule has 0 aromatic heterocycles. The number of fused-ring (bicyclic) bond motifs is 1. The third-order valence-corrected chi connectivity index (χ3v) is 3.28. The average molecular weight is 320 g/mol. The second-order valence-corrected chi connectivity index (χ2v) is 4.72. The predicted molar refractivity (Wildman–Crippen MR) is 75.0 cm³/mol. The van der Waals surface area contributed by atoms with Crippen LogP contribution in [0.4, 0.5) is 4.79 Å². The number of aliphatic carboxylic acids is 1. The lowest BCUT2D eigenvalue weighted by Gasteiger charge is -2.08. The molecule has 0 aliphatic carbocycles. The van der Waals surface area contributed by atoms with Gasteiger partial charge in [0.1, 0.15) is 18.0 Å². The van der Waals surface area contributed by atoms with E-state index >= 15 is 0 Å². The normalized spacial score (nSPS) is 17.6. The lowest BCUT2D eigenvalue weighted by Crippen LogP contribution is -2.35. The van der Waals surface area contributed by atoms with E-state index in [0.717, 1.165) is 0 Å². The Hall–Kier alpha value is -3.23. The third kappa shape index (κ3) is 2.63. The number of hydrogen-bond acceptors (Lipinski definition) is 6. The molecule has 0 radical (unpaired) electrons. The van der Waals surface area contributed by atoms with E-state index in [2.05, 4.69) is 5.32 Å². The van der Waals surface area contributed by atoms with Crippen molar-refractivity contribution in [1.29, 1.82) is 0 Å². The maximum Gasteiger partial charge on any atom is 0.329 e. The number of carboxylic acid groups (broad SMARTS) is 1. The summed E-state index contributed by atoms with van der Waals surface area (Å²) in [7, 11) is 1.45. The molecular formula is C14H12N2O7. The monoisotopic (exact) mass is 320 g/mol. The van der Waals surface area contributed by atoms with Crippen LogP contribution in [0.1, 0.15) is 5.56 Å². The summed E-state index contributed by atoms with van der Waals surface area (Å²) in [6.07, 6.45) is 1.39. The van der Waals surface area contributed by atoms with Crippen LogP contribution in [0.15, 0.2) is 17.8 Å². The summed E-state index contributed by atoms with van der Waals surface area (Å²) in [4.78, 5) is 35.1. The second kappa shape index (κ2) is 5.52. The molecule has 2 aliphatic rings. The van der Waals surface area contributed by atoms with Gasteiger partial charge in [-0.3, -0.25) is 9.59 Å². The van der Waals surface area contributed by atoms with E-state index in [9.17, 15) is 14.4 Å². The molecule has 3 amide bonds. The Morgan fingerprint density at radius 3 is 2.74 bits per heavy atom. The molecule has 2 N–H and O–H groups in total. The van der Waals surface area contributed by atoms with Gasteiger partial charge in [0, 0.05) is 11.6 Å². The summed E-state index contributed by atoms with van der Waals surface area (Å²) in [6, 6.07) is 2.42. The van der Waals surface area contributed by atoms with E-state index in [4.69, 9.17) is 19.3 Å². The van der Waals surface area contributed by atoms with E-state index in [1.807, 2.05) is 0 Å². The minimum absolute atomic E-state index is 0.0478. The number of benzene rings is 1. The van der Waals surface area contributed by atoms with Crippen molar-refractivity contribution >= 4 is 24.0 Å². The number of urea groups is 1. The van der Waals surface area contributed by atoms with Gasteiger partial charge >= 0.3 is 12.0 Å². The molecule has 3 rings (SSSR count). The molecule has 0 unspecified atom stereocenters. The lowest BCUT2D eigenvalue weighted by molar-refractivity contribution is -0.140. The van der Waals surface area contributed by atoms with Crippen molar-refractivity contribution in [3.8, 4) is 17.2 Å². The van der Waals surface area contributed by atoms with Gasteiger partial charge in [-0.1, -0.05) is 0 Å². The van der Waals surface area contributed by atoms with Gasteiger partial charge < -0.3 is 24.6 Å². The van der Waals surface area contributed by atoms with Gasteiger partial charge in [-0.05, 0) is 12.1 Å². The van der Waals surface area contributed by atoms with Crippen LogP contribution >= 0.6 is 0 Å². The van der Waals surface area contributed by atoms with E-state index in [0.29, 0.717) is 27.7 Å². The van der Waals surface area contributed by atoms with Crippen molar-refractivity contribution in [3.05, 3.63) is 23.4 Å². The van der Waals surface area contributed by atoms with Gasteiger partial charge in [0.2, 0.25) is 6.79 Å². The maximum atomic E-state index is 12.1. The SMILES string of the molecule is COc1cc2c(cc1C=C1NC(=O)N(CC(=O)O)C1=O)OCO2. The minimum Gasteiger partial charge on any atom is -0.496 e. The standard InChI is InChI=1S/C14H12N2O7/c1-21-9-4-11-10(22-6-23-11)3-7(9)2-8-13(19)16(5-12(17)18)14(20)15-8/h2-4H,5-6H2,1H3,(H,15,20)(H,17,18). The van der Waals surface area contributed by atoms with E-state index < -0.39 is 24.5 Å².